The molecule has 1 N–H and O–H groups in total. The number of likely N-dealkylation sites (tertiary alicyclic amines) is 1. The van der Waals surface area contributed by atoms with E-state index in [4.69, 9.17) is 0 Å². The Labute approximate surface area is 119 Å². The van der Waals surface area contributed by atoms with Crippen LogP contribution in [0.15, 0.2) is 0 Å². The van der Waals surface area contributed by atoms with Gasteiger partial charge in [0.25, 0.3) is 0 Å². The van der Waals surface area contributed by atoms with Gasteiger partial charge in [-0.2, -0.15) is 0 Å². The van der Waals surface area contributed by atoms with Crippen LogP contribution >= 0.6 is 0 Å². The molecule has 2 fully saturated rings. The summed E-state index contributed by atoms with van der Waals surface area (Å²) in [5.41, 5.74) is 0.431. The minimum Gasteiger partial charge on any atom is -0.393 e. The van der Waals surface area contributed by atoms with E-state index in [1.165, 1.54) is 38.8 Å². The lowest BCUT2D eigenvalue weighted by Crippen LogP contribution is -2.44. The number of aliphatic hydroxyl groups is 1. The molecule has 0 aromatic heterocycles. The topological polar surface area (TPSA) is 23.5 Å². The van der Waals surface area contributed by atoms with Gasteiger partial charge in [-0.3, -0.25) is 0 Å². The highest BCUT2D eigenvalue weighted by atomic mass is 16.3. The van der Waals surface area contributed by atoms with Gasteiger partial charge in [-0.25, -0.2) is 0 Å². The number of nitrogens with zero attached hydrogens (tertiary/aromatic N) is 1. The van der Waals surface area contributed by atoms with E-state index in [-0.39, 0.29) is 6.10 Å². The van der Waals surface area contributed by atoms with Crippen molar-refractivity contribution in [3.8, 4) is 0 Å². The summed E-state index contributed by atoms with van der Waals surface area (Å²) in [6.07, 6.45) is 6.02. The molecule has 1 aliphatic carbocycles. The van der Waals surface area contributed by atoms with E-state index in [1.54, 1.807) is 0 Å². The molecule has 19 heavy (non-hydrogen) atoms. The summed E-state index contributed by atoms with van der Waals surface area (Å²) in [5, 5.41) is 10.2. The molecule has 2 aliphatic rings. The van der Waals surface area contributed by atoms with E-state index < -0.39 is 0 Å². The Bertz CT molecular complexity index is 279. The van der Waals surface area contributed by atoms with Crippen LogP contribution < -0.4 is 0 Å². The van der Waals surface area contributed by atoms with Crippen molar-refractivity contribution in [3.05, 3.63) is 0 Å². The lowest BCUT2D eigenvalue weighted by Gasteiger charge is -2.42. The fourth-order valence-corrected chi connectivity index (χ4v) is 4.04. The van der Waals surface area contributed by atoms with Crippen LogP contribution in [0, 0.1) is 23.2 Å². The molecule has 0 bridgehead atoms. The first-order valence-electron chi connectivity index (χ1n) is 8.28. The minimum atomic E-state index is -0.0594. The molecule has 112 valence electrons. The van der Waals surface area contributed by atoms with E-state index in [0.29, 0.717) is 11.3 Å². The zero-order valence-corrected chi connectivity index (χ0v) is 13.4. The smallest absolute Gasteiger partial charge is 0.0581 e. The van der Waals surface area contributed by atoms with Crippen molar-refractivity contribution in [2.75, 3.05) is 19.6 Å². The van der Waals surface area contributed by atoms with Crippen LogP contribution in [-0.2, 0) is 0 Å². The largest absolute Gasteiger partial charge is 0.393 e. The Morgan fingerprint density at radius 2 is 1.79 bits per heavy atom. The van der Waals surface area contributed by atoms with E-state index in [1.807, 2.05) is 0 Å². The number of hydrogen-bond donors (Lipinski definition) is 1. The average Bonchev–Trinajstić information content (AvgIpc) is 2.34. The SMILES string of the molecule is CC(C)C1CCN(CC2CC(C)(C)CCC2O)CC1. The van der Waals surface area contributed by atoms with Gasteiger partial charge in [-0.05, 0) is 68.4 Å². The summed E-state index contributed by atoms with van der Waals surface area (Å²) < 4.78 is 0. The highest BCUT2D eigenvalue weighted by Gasteiger charge is 2.35. The number of rotatable bonds is 3. The van der Waals surface area contributed by atoms with Crippen molar-refractivity contribution in [2.24, 2.45) is 23.2 Å². The van der Waals surface area contributed by atoms with Crippen LogP contribution in [0.3, 0.4) is 0 Å². The van der Waals surface area contributed by atoms with Gasteiger partial charge in [-0.15, -0.1) is 0 Å². The first-order valence-corrected chi connectivity index (χ1v) is 8.28. The van der Waals surface area contributed by atoms with Crippen molar-refractivity contribution in [1.29, 1.82) is 0 Å². The zero-order chi connectivity index (χ0) is 14.0. The standard InChI is InChI=1S/C17H33NO/c1-13(2)14-6-9-18(10-7-14)12-15-11-17(3,4)8-5-16(15)19/h13-16,19H,5-12H2,1-4H3. The van der Waals surface area contributed by atoms with Crippen molar-refractivity contribution >= 4 is 0 Å². The number of piperidine rings is 1. The van der Waals surface area contributed by atoms with Gasteiger partial charge < -0.3 is 10.0 Å². The van der Waals surface area contributed by atoms with Gasteiger partial charge in [0.1, 0.15) is 0 Å². The molecule has 1 saturated carbocycles. The second-order valence-electron chi connectivity index (χ2n) is 8.12. The summed E-state index contributed by atoms with van der Waals surface area (Å²) in [4.78, 5) is 2.61. The molecular weight excluding hydrogens is 234 g/mol. The minimum absolute atomic E-state index is 0.0594. The van der Waals surface area contributed by atoms with Gasteiger partial charge in [-0.1, -0.05) is 27.7 Å². The van der Waals surface area contributed by atoms with E-state index in [9.17, 15) is 5.11 Å². The Balaban J connectivity index is 1.81. The molecule has 1 saturated heterocycles. The van der Waals surface area contributed by atoms with Crippen LogP contribution in [0.1, 0.15) is 59.8 Å². The molecule has 0 amide bonds. The van der Waals surface area contributed by atoms with Gasteiger partial charge in [0.2, 0.25) is 0 Å². The normalized spacial score (nSPS) is 33.8. The van der Waals surface area contributed by atoms with Gasteiger partial charge in [0, 0.05) is 6.54 Å². The maximum absolute atomic E-state index is 10.2. The Morgan fingerprint density at radius 1 is 1.16 bits per heavy atom. The summed E-state index contributed by atoms with van der Waals surface area (Å²) >= 11 is 0. The Kier molecular flexibility index (Phi) is 4.94. The third kappa shape index (κ3) is 4.19. The first kappa shape index (κ1) is 15.3. The van der Waals surface area contributed by atoms with E-state index in [2.05, 4.69) is 32.6 Å². The molecule has 0 aromatic carbocycles. The Morgan fingerprint density at radius 3 is 2.37 bits per heavy atom. The monoisotopic (exact) mass is 267 g/mol. The van der Waals surface area contributed by atoms with Crippen LogP contribution in [0.4, 0.5) is 0 Å². The molecule has 2 rings (SSSR count). The Hall–Kier alpha value is -0.0800. The molecule has 1 heterocycles. The highest BCUT2D eigenvalue weighted by molar-refractivity contribution is 4.87. The molecular formula is C17H33NO. The average molecular weight is 267 g/mol. The van der Waals surface area contributed by atoms with E-state index in [0.717, 1.165) is 24.8 Å². The summed E-state index contributed by atoms with van der Waals surface area (Å²) in [7, 11) is 0. The third-order valence-electron chi connectivity index (χ3n) is 5.54. The molecule has 2 heteroatoms. The van der Waals surface area contributed by atoms with Crippen molar-refractivity contribution in [2.45, 2.75) is 65.9 Å². The molecule has 1 aliphatic heterocycles. The molecule has 2 nitrogen and oxygen atoms in total. The van der Waals surface area contributed by atoms with Gasteiger partial charge in [0.05, 0.1) is 6.10 Å². The predicted octanol–water partition coefficient (Wildman–Crippen LogP) is 3.54. The fraction of sp³-hybridized carbons (Fsp3) is 1.00. The molecule has 0 spiro atoms. The second kappa shape index (κ2) is 6.13. The van der Waals surface area contributed by atoms with Crippen LogP contribution in [0.25, 0.3) is 0 Å². The van der Waals surface area contributed by atoms with E-state index >= 15 is 0 Å². The predicted molar refractivity (Wildman–Crippen MR) is 81.1 cm³/mol. The maximum atomic E-state index is 10.2. The fourth-order valence-electron chi connectivity index (χ4n) is 4.04. The quantitative estimate of drug-likeness (QED) is 0.845. The van der Waals surface area contributed by atoms with Crippen molar-refractivity contribution < 1.29 is 5.11 Å². The highest BCUT2D eigenvalue weighted by Crippen LogP contribution is 2.39. The van der Waals surface area contributed by atoms with Crippen molar-refractivity contribution in [1.82, 2.24) is 4.90 Å². The molecule has 2 unspecified atom stereocenters. The number of aliphatic hydroxyl groups excluding tert-OH is 1. The zero-order valence-electron chi connectivity index (χ0n) is 13.4. The van der Waals surface area contributed by atoms with Gasteiger partial charge in [0.15, 0.2) is 0 Å². The first-order chi connectivity index (χ1) is 8.87. The lowest BCUT2D eigenvalue weighted by atomic mass is 9.70. The third-order valence-corrected chi connectivity index (χ3v) is 5.54. The molecule has 0 aromatic rings. The summed E-state index contributed by atoms with van der Waals surface area (Å²) in [6.45, 7) is 13.0. The van der Waals surface area contributed by atoms with Gasteiger partial charge >= 0.3 is 0 Å². The number of hydrogen-bond acceptors (Lipinski definition) is 2. The van der Waals surface area contributed by atoms with Crippen LogP contribution in [0.2, 0.25) is 0 Å². The van der Waals surface area contributed by atoms with Crippen LogP contribution in [-0.4, -0.2) is 35.7 Å². The summed E-state index contributed by atoms with van der Waals surface area (Å²) in [5.74, 6) is 2.25. The molecule has 0 radical (unpaired) electrons. The second-order valence-corrected chi connectivity index (χ2v) is 8.12. The maximum Gasteiger partial charge on any atom is 0.0581 e. The molecule has 2 atom stereocenters. The lowest BCUT2D eigenvalue weighted by molar-refractivity contribution is -0.00193. The summed E-state index contributed by atoms with van der Waals surface area (Å²) in [6, 6.07) is 0. The van der Waals surface area contributed by atoms with Crippen LogP contribution in [0.5, 0.6) is 0 Å². The van der Waals surface area contributed by atoms with Crippen molar-refractivity contribution in [3.63, 3.8) is 0 Å².